The van der Waals surface area contributed by atoms with Crippen molar-refractivity contribution in [1.29, 1.82) is 0 Å². The van der Waals surface area contributed by atoms with Crippen LogP contribution < -0.4 is 0 Å². The van der Waals surface area contributed by atoms with Gasteiger partial charge in [-0.15, -0.1) is 0 Å². The summed E-state index contributed by atoms with van der Waals surface area (Å²) in [5.74, 6) is -0.606. The minimum Gasteiger partial charge on any atom is -0.462 e. The fraction of sp³-hybridized carbons (Fsp3) is 0.580. The maximum absolute atomic E-state index is 12.4. The van der Waals surface area contributed by atoms with Crippen LogP contribution in [0.1, 0.15) is 284 Å². The molecular weight excluding hydrogens is 1050 g/mol. The van der Waals surface area contributed by atoms with Crippen molar-refractivity contribution in [2.45, 2.75) is 290 Å². The highest BCUT2D eigenvalue weighted by atomic mass is 16.6. The van der Waals surface area contributed by atoms with Gasteiger partial charge in [-0.3, -0.25) is 9.59 Å². The molecule has 0 saturated carbocycles. The number of carbonyl (C=O) groups is 2. The third kappa shape index (κ3) is 71.2. The van der Waals surface area contributed by atoms with E-state index < -0.39 is 6.10 Å². The van der Waals surface area contributed by atoms with Crippen molar-refractivity contribution in [3.8, 4) is 0 Å². The number of ether oxygens (including phenoxy) is 2. The molecule has 86 heavy (non-hydrogen) atoms. The van der Waals surface area contributed by atoms with Crippen LogP contribution in [-0.4, -0.2) is 36.4 Å². The molecule has 0 aromatic carbocycles. The molecule has 0 aromatic rings. The van der Waals surface area contributed by atoms with Crippen LogP contribution in [0.5, 0.6) is 0 Å². The molecule has 0 heterocycles. The number of hydrogen-bond donors (Lipinski definition) is 1. The van der Waals surface area contributed by atoms with Gasteiger partial charge in [-0.05, 0) is 141 Å². The Morgan fingerprint density at radius 1 is 0.267 bits per heavy atom. The van der Waals surface area contributed by atoms with Crippen LogP contribution in [0, 0.1) is 0 Å². The monoisotopic (exact) mass is 1180 g/mol. The zero-order chi connectivity index (χ0) is 61.9. The summed E-state index contributed by atoms with van der Waals surface area (Å²) in [6.07, 6.45) is 117. The van der Waals surface area contributed by atoms with E-state index in [2.05, 4.69) is 208 Å². The number of esters is 2. The van der Waals surface area contributed by atoms with E-state index in [9.17, 15) is 14.7 Å². The minimum absolute atomic E-state index is 0.0796. The number of unbranched alkanes of at least 4 members (excludes halogenated alkanes) is 22. The van der Waals surface area contributed by atoms with Gasteiger partial charge >= 0.3 is 11.9 Å². The summed E-state index contributed by atoms with van der Waals surface area (Å²) in [6, 6.07) is 0. The molecule has 0 bridgehead atoms. The molecule has 0 aliphatic carbocycles. The van der Waals surface area contributed by atoms with Crippen LogP contribution in [0.25, 0.3) is 0 Å². The lowest BCUT2D eigenvalue weighted by Gasteiger charge is -2.15. The lowest BCUT2D eigenvalue weighted by Crippen LogP contribution is -2.28. The van der Waals surface area contributed by atoms with Gasteiger partial charge in [0.15, 0.2) is 6.10 Å². The molecule has 482 valence electrons. The molecule has 0 rings (SSSR count). The Morgan fingerprint density at radius 3 is 0.698 bits per heavy atom. The van der Waals surface area contributed by atoms with Crippen molar-refractivity contribution in [3.63, 3.8) is 0 Å². The molecule has 1 atom stereocenters. The second-order valence-corrected chi connectivity index (χ2v) is 22.5. The lowest BCUT2D eigenvalue weighted by molar-refractivity contribution is -0.161. The topological polar surface area (TPSA) is 72.8 Å². The summed E-state index contributed by atoms with van der Waals surface area (Å²) < 4.78 is 10.7. The molecule has 0 saturated heterocycles. The lowest BCUT2D eigenvalue weighted by atomic mass is 10.0. The molecule has 5 nitrogen and oxygen atoms in total. The Morgan fingerprint density at radius 2 is 0.465 bits per heavy atom. The van der Waals surface area contributed by atoms with Gasteiger partial charge in [-0.1, -0.05) is 324 Å². The largest absolute Gasteiger partial charge is 0.462 e. The molecule has 0 amide bonds. The van der Waals surface area contributed by atoms with Crippen LogP contribution >= 0.6 is 0 Å². The predicted molar refractivity (Wildman–Crippen MR) is 379 cm³/mol. The molecule has 0 aliphatic rings. The van der Waals surface area contributed by atoms with Crippen LogP contribution in [-0.2, 0) is 19.1 Å². The molecular formula is C81H128O5. The zero-order valence-electron chi connectivity index (χ0n) is 55.2. The van der Waals surface area contributed by atoms with E-state index in [0.29, 0.717) is 12.8 Å². The van der Waals surface area contributed by atoms with Gasteiger partial charge in [0.25, 0.3) is 0 Å². The minimum atomic E-state index is -0.790. The van der Waals surface area contributed by atoms with Gasteiger partial charge in [0.2, 0.25) is 0 Å². The second kappa shape index (κ2) is 74.0. The Kier molecular flexibility index (Phi) is 69.5. The van der Waals surface area contributed by atoms with Crippen LogP contribution in [0.15, 0.2) is 194 Å². The van der Waals surface area contributed by atoms with E-state index in [1.54, 1.807) is 0 Å². The molecule has 0 aliphatic heterocycles. The fourth-order valence-corrected chi connectivity index (χ4v) is 9.24. The van der Waals surface area contributed by atoms with Gasteiger partial charge < -0.3 is 14.6 Å². The third-order valence-electron chi connectivity index (χ3n) is 14.4. The van der Waals surface area contributed by atoms with Crippen LogP contribution in [0.4, 0.5) is 0 Å². The van der Waals surface area contributed by atoms with E-state index in [0.717, 1.165) is 148 Å². The van der Waals surface area contributed by atoms with Gasteiger partial charge in [0.1, 0.15) is 6.61 Å². The number of allylic oxidation sites excluding steroid dienone is 32. The Hall–Kier alpha value is -5.26. The SMILES string of the molecule is CC/C=C\C/C=C\C/C=C\C/C=C\C/C=C\C/C=C\C/C=C\C/C=C\C/C=C\CCCCCCCCCCCCCCCC(=O)OC(CO)COC(=O)CCCCCCCCCCC/C=C\C/C=C\C/C=C\C/C=C\C/C=C\C/C=C\C/C=C\CC. The number of aliphatic hydroxyl groups excluding tert-OH is 1. The van der Waals surface area contributed by atoms with Crippen molar-refractivity contribution in [2.24, 2.45) is 0 Å². The van der Waals surface area contributed by atoms with E-state index in [1.165, 1.54) is 109 Å². The normalized spacial score (nSPS) is 13.5. The smallest absolute Gasteiger partial charge is 0.306 e. The summed E-state index contributed by atoms with van der Waals surface area (Å²) >= 11 is 0. The summed E-state index contributed by atoms with van der Waals surface area (Å²) in [7, 11) is 0. The second-order valence-electron chi connectivity index (χ2n) is 22.5. The quantitative estimate of drug-likeness (QED) is 0.0373. The first-order valence-corrected chi connectivity index (χ1v) is 35.0. The Balaban J connectivity index is 3.57. The molecule has 1 N–H and O–H groups in total. The molecule has 1 unspecified atom stereocenters. The first-order valence-electron chi connectivity index (χ1n) is 35.0. The average molecular weight is 1180 g/mol. The summed E-state index contributed by atoms with van der Waals surface area (Å²) in [5.41, 5.74) is 0. The van der Waals surface area contributed by atoms with Crippen molar-refractivity contribution >= 4 is 11.9 Å². The number of carbonyl (C=O) groups excluding carboxylic acids is 2. The molecule has 0 aromatic heterocycles. The standard InChI is InChI=1S/C81H128O5/c1-3-5-7-9-11-13-15-17-19-21-23-25-27-29-31-33-35-36-37-38-39-40-41-42-43-44-46-48-50-52-54-56-58-60-62-64-66-68-70-72-74-76-81(84)86-79(77-82)78-85-80(83)75-73-71-69-67-65-63-61-59-57-55-53-51-49-47-45-34-32-30-28-26-24-22-20-18-16-14-12-10-8-6-4-2/h5-8,11-14,17-20,23-26,29-32,35-36,38-39,41-42,44-47,51,53,79,82H,3-4,9-10,15-16,21-22,27-28,33-34,37,40,43,48-50,52,54-78H2,1-2H3/b7-5-,8-6-,13-11-,14-12-,19-17-,20-18-,25-23-,26-24-,31-29-,32-30-,36-35-,39-38-,42-41-,46-44-,47-45-,53-51-. The number of hydrogen-bond acceptors (Lipinski definition) is 5. The zero-order valence-corrected chi connectivity index (χ0v) is 55.2. The van der Waals surface area contributed by atoms with Crippen molar-refractivity contribution in [2.75, 3.05) is 13.2 Å². The van der Waals surface area contributed by atoms with Gasteiger partial charge in [-0.25, -0.2) is 0 Å². The van der Waals surface area contributed by atoms with Gasteiger partial charge in [0, 0.05) is 12.8 Å². The van der Waals surface area contributed by atoms with Gasteiger partial charge in [0.05, 0.1) is 6.61 Å². The van der Waals surface area contributed by atoms with Crippen molar-refractivity contribution in [3.05, 3.63) is 194 Å². The van der Waals surface area contributed by atoms with Crippen molar-refractivity contribution in [1.82, 2.24) is 0 Å². The predicted octanol–water partition coefficient (Wildman–Crippen LogP) is 24.8. The molecule has 5 heteroatoms. The number of rotatable bonds is 62. The van der Waals surface area contributed by atoms with E-state index in [-0.39, 0.29) is 25.2 Å². The van der Waals surface area contributed by atoms with E-state index in [4.69, 9.17) is 9.47 Å². The third-order valence-corrected chi connectivity index (χ3v) is 14.4. The maximum atomic E-state index is 12.4. The van der Waals surface area contributed by atoms with Crippen LogP contribution in [0.2, 0.25) is 0 Å². The van der Waals surface area contributed by atoms with Crippen LogP contribution in [0.3, 0.4) is 0 Å². The summed E-state index contributed by atoms with van der Waals surface area (Å²) in [5, 5.41) is 9.71. The number of aliphatic hydroxyl groups is 1. The van der Waals surface area contributed by atoms with Gasteiger partial charge in [-0.2, -0.15) is 0 Å². The maximum Gasteiger partial charge on any atom is 0.306 e. The first kappa shape index (κ1) is 80.7. The first-order chi connectivity index (χ1) is 42.6. The van der Waals surface area contributed by atoms with E-state index in [1.807, 2.05) is 0 Å². The Labute approximate surface area is 530 Å². The summed E-state index contributed by atoms with van der Waals surface area (Å²) in [4.78, 5) is 24.7. The highest BCUT2D eigenvalue weighted by molar-refractivity contribution is 5.70. The average Bonchev–Trinajstić information content (AvgIpc) is 3.54. The van der Waals surface area contributed by atoms with E-state index >= 15 is 0 Å². The molecule has 0 radical (unpaired) electrons. The fourth-order valence-electron chi connectivity index (χ4n) is 9.24. The highest BCUT2D eigenvalue weighted by Crippen LogP contribution is 2.16. The van der Waals surface area contributed by atoms with Crippen molar-refractivity contribution < 1.29 is 24.2 Å². The Bertz CT molecular complexity index is 1970. The summed E-state index contributed by atoms with van der Waals surface area (Å²) in [6.45, 7) is 3.91. The molecule has 0 fully saturated rings. The highest BCUT2D eigenvalue weighted by Gasteiger charge is 2.16. The molecule has 0 spiro atoms.